The molecule has 0 fully saturated rings. The van der Waals surface area contributed by atoms with E-state index in [0.29, 0.717) is 11.2 Å². The van der Waals surface area contributed by atoms with Crippen LogP contribution in [0.3, 0.4) is 0 Å². The van der Waals surface area contributed by atoms with E-state index in [9.17, 15) is 4.79 Å². The highest BCUT2D eigenvalue weighted by molar-refractivity contribution is 6.06. The molecular formula is C28H24N6O. The molecule has 1 aliphatic heterocycles. The molecule has 7 nitrogen and oxygen atoms in total. The number of amides is 1. The van der Waals surface area contributed by atoms with Gasteiger partial charge in [-0.2, -0.15) is 0 Å². The average molecular weight is 461 g/mol. The Morgan fingerprint density at radius 3 is 2.86 bits per heavy atom. The van der Waals surface area contributed by atoms with Crippen molar-refractivity contribution in [2.45, 2.75) is 19.0 Å². The highest BCUT2D eigenvalue weighted by Gasteiger charge is 2.33. The minimum atomic E-state index is -0.244. The highest BCUT2D eigenvalue weighted by atomic mass is 16.1. The molecular weight excluding hydrogens is 436 g/mol. The number of rotatable bonds is 3. The first-order valence-electron chi connectivity index (χ1n) is 11.9. The van der Waals surface area contributed by atoms with Gasteiger partial charge in [-0.15, -0.1) is 0 Å². The predicted molar refractivity (Wildman–Crippen MR) is 135 cm³/mol. The normalized spacial score (nSPS) is 16.7. The first-order valence-corrected chi connectivity index (χ1v) is 11.9. The van der Waals surface area contributed by atoms with E-state index in [1.807, 2.05) is 18.3 Å². The molecule has 3 aromatic heterocycles. The third-order valence-corrected chi connectivity index (χ3v) is 7.21. The van der Waals surface area contributed by atoms with E-state index in [2.05, 4.69) is 68.6 Å². The third-order valence-electron chi connectivity index (χ3n) is 7.21. The van der Waals surface area contributed by atoms with Crippen molar-refractivity contribution in [3.8, 4) is 22.5 Å². The number of likely N-dealkylation sites (N-methyl/N-ethyl adjacent to an activating group) is 1. The number of aromatic nitrogens is 4. The lowest BCUT2D eigenvalue weighted by atomic mass is 9.98. The lowest BCUT2D eigenvalue weighted by Crippen LogP contribution is -2.28. The maximum Gasteiger partial charge on any atom is 0.252 e. The van der Waals surface area contributed by atoms with Crippen LogP contribution in [0.25, 0.3) is 33.5 Å². The second kappa shape index (κ2) is 7.65. The fourth-order valence-electron chi connectivity index (χ4n) is 5.53. The molecule has 0 radical (unpaired) electrons. The molecule has 7 heteroatoms. The van der Waals surface area contributed by atoms with Gasteiger partial charge in [-0.05, 0) is 41.4 Å². The zero-order chi connectivity index (χ0) is 23.5. The van der Waals surface area contributed by atoms with E-state index in [4.69, 9.17) is 4.98 Å². The number of hydrogen-bond donors (Lipinski definition) is 3. The summed E-state index contributed by atoms with van der Waals surface area (Å²) in [6, 6.07) is 18.0. The minimum absolute atomic E-state index is 0.119. The van der Waals surface area contributed by atoms with Crippen LogP contribution in [0.5, 0.6) is 0 Å². The summed E-state index contributed by atoms with van der Waals surface area (Å²) < 4.78 is 0. The van der Waals surface area contributed by atoms with Gasteiger partial charge in [0.1, 0.15) is 11.5 Å². The van der Waals surface area contributed by atoms with Crippen LogP contribution < -0.4 is 5.32 Å². The van der Waals surface area contributed by atoms with E-state index < -0.39 is 0 Å². The van der Waals surface area contributed by atoms with Crippen LogP contribution in [0.2, 0.25) is 0 Å². The summed E-state index contributed by atoms with van der Waals surface area (Å²) in [4.78, 5) is 31.8. The summed E-state index contributed by atoms with van der Waals surface area (Å²) in [5.74, 6) is 0.777. The highest BCUT2D eigenvalue weighted by Crippen LogP contribution is 2.47. The lowest BCUT2D eigenvalue weighted by Gasteiger charge is -2.20. The number of hydrogen-bond acceptors (Lipinski definition) is 4. The van der Waals surface area contributed by atoms with Crippen LogP contribution in [0, 0.1) is 0 Å². The Bertz CT molecular complexity index is 1610. The standard InChI is InChI=1S/C28H24N6O/c1-34-14-11-22-23(15-34)32-27(31-22)21-8-4-7-20-24(21)16-5-2-3-6-17(16)25(20)33-28(35)19-10-13-30-26-18(19)9-12-29-26/h2-10,12-13,25H,11,14-15H2,1H3,(H,29,30)(H,31,32)(H,33,35). The number of aromatic amines is 2. The zero-order valence-corrected chi connectivity index (χ0v) is 19.3. The summed E-state index contributed by atoms with van der Waals surface area (Å²) >= 11 is 0. The summed E-state index contributed by atoms with van der Waals surface area (Å²) in [5.41, 5.74) is 9.18. The van der Waals surface area contributed by atoms with Crippen LogP contribution >= 0.6 is 0 Å². The Kier molecular flexibility index (Phi) is 4.41. The van der Waals surface area contributed by atoms with Gasteiger partial charge in [-0.3, -0.25) is 4.79 Å². The molecule has 1 amide bonds. The van der Waals surface area contributed by atoms with Crippen molar-refractivity contribution < 1.29 is 4.79 Å². The fraction of sp³-hybridized carbons (Fsp3) is 0.179. The summed E-state index contributed by atoms with van der Waals surface area (Å²) in [7, 11) is 2.14. The number of nitrogens with zero attached hydrogens (tertiary/aromatic N) is 3. The number of benzene rings is 2. The Labute approximate surface area is 202 Å². The Hall–Kier alpha value is -4.23. The summed E-state index contributed by atoms with van der Waals surface area (Å²) in [6.45, 7) is 1.90. The molecule has 0 saturated heterocycles. The molecule has 172 valence electrons. The minimum Gasteiger partial charge on any atom is -0.346 e. The molecule has 4 heterocycles. The van der Waals surface area contributed by atoms with Crippen LogP contribution in [-0.2, 0) is 13.0 Å². The average Bonchev–Trinajstić information content (AvgIpc) is 3.60. The SMILES string of the molecule is CN1CCc2nc(-c3cccc4c3-c3ccccc3C4NC(=O)c3ccnc4[nH]ccc34)[nH]c2C1. The van der Waals surface area contributed by atoms with Gasteiger partial charge in [-0.25, -0.2) is 9.97 Å². The number of pyridine rings is 1. The summed E-state index contributed by atoms with van der Waals surface area (Å²) in [5, 5.41) is 4.12. The van der Waals surface area contributed by atoms with Crippen molar-refractivity contribution in [1.82, 2.24) is 30.2 Å². The maximum absolute atomic E-state index is 13.5. The Morgan fingerprint density at radius 1 is 1.06 bits per heavy atom. The maximum atomic E-state index is 13.5. The lowest BCUT2D eigenvalue weighted by molar-refractivity contribution is 0.0945. The molecule has 2 aliphatic rings. The summed E-state index contributed by atoms with van der Waals surface area (Å²) in [6.07, 6.45) is 4.42. The van der Waals surface area contributed by atoms with E-state index >= 15 is 0 Å². The fourth-order valence-corrected chi connectivity index (χ4v) is 5.53. The van der Waals surface area contributed by atoms with E-state index in [1.165, 1.54) is 5.69 Å². The van der Waals surface area contributed by atoms with Gasteiger partial charge < -0.3 is 20.2 Å². The van der Waals surface area contributed by atoms with Crippen molar-refractivity contribution in [1.29, 1.82) is 0 Å². The molecule has 1 aliphatic carbocycles. The van der Waals surface area contributed by atoms with Crippen LogP contribution in [0.15, 0.2) is 67.0 Å². The number of carbonyl (C=O) groups excluding carboxylic acids is 1. The largest absolute Gasteiger partial charge is 0.346 e. The number of H-pyrrole nitrogens is 2. The first kappa shape index (κ1) is 20.2. The molecule has 2 aromatic carbocycles. The molecule has 1 atom stereocenters. The quantitative estimate of drug-likeness (QED) is 0.371. The first-order chi connectivity index (χ1) is 17.2. The van der Waals surface area contributed by atoms with E-state index in [1.54, 1.807) is 12.3 Å². The van der Waals surface area contributed by atoms with Gasteiger partial charge in [0, 0.05) is 42.9 Å². The predicted octanol–water partition coefficient (Wildman–Crippen LogP) is 4.44. The molecule has 3 N–H and O–H groups in total. The smallest absolute Gasteiger partial charge is 0.252 e. The Morgan fingerprint density at radius 2 is 1.91 bits per heavy atom. The van der Waals surface area contributed by atoms with Crippen molar-refractivity contribution in [3.05, 3.63) is 95.1 Å². The molecule has 0 bridgehead atoms. The monoisotopic (exact) mass is 460 g/mol. The van der Waals surface area contributed by atoms with Gasteiger partial charge in [0.25, 0.3) is 5.91 Å². The molecule has 1 unspecified atom stereocenters. The van der Waals surface area contributed by atoms with Gasteiger partial charge in [0.2, 0.25) is 0 Å². The van der Waals surface area contributed by atoms with E-state index in [0.717, 1.165) is 64.2 Å². The van der Waals surface area contributed by atoms with E-state index in [-0.39, 0.29) is 11.9 Å². The molecule has 0 saturated carbocycles. The topological polar surface area (TPSA) is 89.7 Å². The van der Waals surface area contributed by atoms with Gasteiger partial charge in [0.15, 0.2) is 0 Å². The number of carbonyl (C=O) groups is 1. The van der Waals surface area contributed by atoms with Crippen molar-refractivity contribution in [3.63, 3.8) is 0 Å². The van der Waals surface area contributed by atoms with Gasteiger partial charge >= 0.3 is 0 Å². The third kappa shape index (κ3) is 3.12. The van der Waals surface area contributed by atoms with Crippen molar-refractivity contribution >= 4 is 16.9 Å². The molecule has 0 spiro atoms. The second-order valence-corrected chi connectivity index (χ2v) is 9.36. The van der Waals surface area contributed by atoms with Crippen LogP contribution in [0.1, 0.15) is 38.9 Å². The molecule has 7 rings (SSSR count). The molecule has 35 heavy (non-hydrogen) atoms. The van der Waals surface area contributed by atoms with Crippen molar-refractivity contribution in [2.24, 2.45) is 0 Å². The van der Waals surface area contributed by atoms with Crippen molar-refractivity contribution in [2.75, 3.05) is 13.6 Å². The number of fused-ring (bicyclic) bond motifs is 5. The molecule has 5 aromatic rings. The zero-order valence-electron chi connectivity index (χ0n) is 19.3. The number of imidazole rings is 1. The Balaban J connectivity index is 1.33. The van der Waals surface area contributed by atoms with Crippen LogP contribution in [0.4, 0.5) is 0 Å². The second-order valence-electron chi connectivity index (χ2n) is 9.36. The number of nitrogens with one attached hydrogen (secondary N) is 3. The van der Waals surface area contributed by atoms with Crippen LogP contribution in [-0.4, -0.2) is 44.3 Å². The van der Waals surface area contributed by atoms with Gasteiger partial charge in [0.05, 0.1) is 23.0 Å². The van der Waals surface area contributed by atoms with Gasteiger partial charge in [-0.1, -0.05) is 42.5 Å².